The number of hydrogen-bond donors (Lipinski definition) is 1. The van der Waals surface area contributed by atoms with E-state index in [9.17, 15) is 4.79 Å². The lowest BCUT2D eigenvalue weighted by Gasteiger charge is -2.28. The van der Waals surface area contributed by atoms with Crippen molar-refractivity contribution >= 4 is 27.5 Å². The Morgan fingerprint density at radius 1 is 1.32 bits per heavy atom. The average Bonchev–Trinajstić information content (AvgIpc) is 3.42. The second-order valence-electron chi connectivity index (χ2n) is 7.28. The van der Waals surface area contributed by atoms with Gasteiger partial charge < -0.3 is 10.1 Å². The molecule has 3 aromatic rings. The van der Waals surface area contributed by atoms with Crippen LogP contribution >= 0.6 is 11.3 Å². The molecular weight excluding hydrogens is 372 g/mol. The molecule has 0 spiro atoms. The number of carbonyl (C=O) groups excluding carboxylic acids is 1. The van der Waals surface area contributed by atoms with Gasteiger partial charge in [-0.1, -0.05) is 12.1 Å². The Balaban J connectivity index is 1.52. The lowest BCUT2D eigenvalue weighted by molar-refractivity contribution is 0.0942. The Bertz CT molecular complexity index is 953. The maximum Gasteiger partial charge on any atom is 0.261 e. The van der Waals surface area contributed by atoms with Gasteiger partial charge in [-0.15, -0.1) is 11.3 Å². The van der Waals surface area contributed by atoms with Gasteiger partial charge >= 0.3 is 0 Å². The van der Waals surface area contributed by atoms with Gasteiger partial charge in [-0.25, -0.2) is 0 Å². The van der Waals surface area contributed by atoms with Gasteiger partial charge in [-0.05, 0) is 56.6 Å². The number of benzene rings is 1. The van der Waals surface area contributed by atoms with Crippen LogP contribution < -0.4 is 10.1 Å². The molecule has 7 heteroatoms. The molecule has 1 unspecified atom stereocenters. The van der Waals surface area contributed by atoms with E-state index >= 15 is 0 Å². The maximum atomic E-state index is 12.8. The predicted molar refractivity (Wildman–Crippen MR) is 112 cm³/mol. The number of carbonyl (C=O) groups is 1. The minimum atomic E-state index is -0.0207. The van der Waals surface area contributed by atoms with E-state index in [0.717, 1.165) is 39.6 Å². The third kappa shape index (κ3) is 3.64. The van der Waals surface area contributed by atoms with Gasteiger partial charge in [-0.2, -0.15) is 5.10 Å². The van der Waals surface area contributed by atoms with E-state index in [1.165, 1.54) is 29.7 Å². The van der Waals surface area contributed by atoms with Crippen LogP contribution in [0.3, 0.4) is 0 Å². The molecule has 6 nitrogen and oxygen atoms in total. The molecule has 0 aliphatic carbocycles. The number of aryl methyl sites for hydroxylation is 2. The first-order valence-corrected chi connectivity index (χ1v) is 10.5. The topological polar surface area (TPSA) is 59.4 Å². The number of ether oxygens (including phenoxy) is 1. The van der Waals surface area contributed by atoms with E-state index in [1.807, 2.05) is 36.9 Å². The van der Waals surface area contributed by atoms with E-state index < -0.39 is 0 Å². The predicted octanol–water partition coefficient (Wildman–Crippen LogP) is 3.52. The number of fused-ring (bicyclic) bond motifs is 1. The Morgan fingerprint density at radius 3 is 2.82 bits per heavy atom. The van der Waals surface area contributed by atoms with Gasteiger partial charge in [0, 0.05) is 19.0 Å². The fourth-order valence-electron chi connectivity index (χ4n) is 3.95. The van der Waals surface area contributed by atoms with Crippen molar-refractivity contribution < 1.29 is 9.53 Å². The minimum absolute atomic E-state index is 0.0207. The number of nitrogens with zero attached hydrogens (tertiary/aromatic N) is 3. The number of likely N-dealkylation sites (tertiary alicyclic amines) is 1. The summed E-state index contributed by atoms with van der Waals surface area (Å²) in [6.45, 7) is 4.68. The monoisotopic (exact) mass is 398 g/mol. The van der Waals surface area contributed by atoms with Gasteiger partial charge in [0.1, 0.15) is 10.6 Å². The Hall–Kier alpha value is -2.38. The summed E-state index contributed by atoms with van der Waals surface area (Å²) >= 11 is 1.49. The molecule has 1 aromatic carbocycles. The number of methoxy groups -OCH3 is 1. The standard InChI is InChI=1S/C21H26N4O2S/c1-14-17-12-19(28-21(17)24(2)23-14)20(26)22-13-18(25-9-4-5-10-25)15-7-6-8-16(11-15)27-3/h6-8,11-12,18H,4-5,9-10,13H2,1-3H3,(H,22,26). The van der Waals surface area contributed by atoms with Crippen LogP contribution in [0.15, 0.2) is 30.3 Å². The zero-order valence-corrected chi connectivity index (χ0v) is 17.4. The molecule has 1 fully saturated rings. The second kappa shape index (κ2) is 7.93. The van der Waals surface area contributed by atoms with Crippen LogP contribution in [0.25, 0.3) is 10.2 Å². The van der Waals surface area contributed by atoms with Crippen molar-refractivity contribution in [3.63, 3.8) is 0 Å². The third-order valence-electron chi connectivity index (χ3n) is 5.44. The highest BCUT2D eigenvalue weighted by molar-refractivity contribution is 7.20. The second-order valence-corrected chi connectivity index (χ2v) is 8.31. The summed E-state index contributed by atoms with van der Waals surface area (Å²) in [5.41, 5.74) is 2.14. The minimum Gasteiger partial charge on any atom is -0.497 e. The first-order chi connectivity index (χ1) is 13.6. The lowest BCUT2D eigenvalue weighted by atomic mass is 10.0. The molecule has 1 aliphatic heterocycles. The normalized spacial score (nSPS) is 15.8. The zero-order chi connectivity index (χ0) is 19.7. The highest BCUT2D eigenvalue weighted by atomic mass is 32.1. The number of nitrogens with one attached hydrogen (secondary N) is 1. The summed E-state index contributed by atoms with van der Waals surface area (Å²) in [6, 6.07) is 10.3. The zero-order valence-electron chi connectivity index (χ0n) is 16.6. The summed E-state index contributed by atoms with van der Waals surface area (Å²) in [5.74, 6) is 0.827. The smallest absolute Gasteiger partial charge is 0.261 e. The van der Waals surface area contributed by atoms with E-state index in [-0.39, 0.29) is 11.9 Å². The van der Waals surface area contributed by atoms with Crippen LogP contribution in [-0.2, 0) is 7.05 Å². The molecule has 1 aliphatic rings. The van der Waals surface area contributed by atoms with Crippen molar-refractivity contribution in [1.29, 1.82) is 0 Å². The Morgan fingerprint density at radius 2 is 2.11 bits per heavy atom. The number of rotatable bonds is 6. The molecule has 1 saturated heterocycles. The number of amides is 1. The number of hydrogen-bond acceptors (Lipinski definition) is 5. The average molecular weight is 399 g/mol. The molecule has 148 valence electrons. The van der Waals surface area contributed by atoms with E-state index in [2.05, 4.69) is 27.4 Å². The van der Waals surface area contributed by atoms with Crippen molar-refractivity contribution in [1.82, 2.24) is 20.0 Å². The van der Waals surface area contributed by atoms with Gasteiger partial charge in [0.2, 0.25) is 0 Å². The Labute approximate surface area is 169 Å². The van der Waals surface area contributed by atoms with Crippen LogP contribution in [0.5, 0.6) is 5.75 Å². The molecule has 28 heavy (non-hydrogen) atoms. The molecule has 3 heterocycles. The van der Waals surface area contributed by atoms with Crippen molar-refractivity contribution in [2.45, 2.75) is 25.8 Å². The molecule has 0 saturated carbocycles. The molecule has 0 radical (unpaired) electrons. The van der Waals surface area contributed by atoms with Crippen molar-refractivity contribution in [3.8, 4) is 5.75 Å². The van der Waals surface area contributed by atoms with E-state index in [1.54, 1.807) is 7.11 Å². The summed E-state index contributed by atoms with van der Waals surface area (Å²) in [4.78, 5) is 17.1. The molecule has 2 aromatic heterocycles. The largest absolute Gasteiger partial charge is 0.497 e. The van der Waals surface area contributed by atoms with Gasteiger partial charge in [0.05, 0.1) is 23.7 Å². The van der Waals surface area contributed by atoms with Gasteiger partial charge in [0.25, 0.3) is 5.91 Å². The van der Waals surface area contributed by atoms with Gasteiger partial charge in [-0.3, -0.25) is 14.4 Å². The maximum absolute atomic E-state index is 12.8. The number of aromatic nitrogens is 2. The highest BCUT2D eigenvalue weighted by Gasteiger charge is 2.25. The molecule has 0 bridgehead atoms. The van der Waals surface area contributed by atoms with Crippen molar-refractivity contribution in [2.24, 2.45) is 7.05 Å². The SMILES string of the molecule is COc1cccc(C(CNC(=O)c2cc3c(C)nn(C)c3s2)N2CCCC2)c1. The van der Waals surface area contributed by atoms with Crippen LogP contribution in [-0.4, -0.2) is 47.3 Å². The molecular formula is C21H26N4O2S. The Kier molecular flexibility index (Phi) is 5.37. The fraction of sp³-hybridized carbons (Fsp3) is 0.429. The summed E-state index contributed by atoms with van der Waals surface area (Å²) in [7, 11) is 3.60. The summed E-state index contributed by atoms with van der Waals surface area (Å²) in [6.07, 6.45) is 2.41. The van der Waals surface area contributed by atoms with E-state index in [0.29, 0.717) is 6.54 Å². The van der Waals surface area contributed by atoms with Crippen LogP contribution in [0.2, 0.25) is 0 Å². The quantitative estimate of drug-likeness (QED) is 0.690. The molecule has 1 atom stereocenters. The fourth-order valence-corrected chi connectivity index (χ4v) is 4.99. The molecule has 1 N–H and O–H groups in total. The molecule has 1 amide bonds. The highest BCUT2D eigenvalue weighted by Crippen LogP contribution is 2.29. The van der Waals surface area contributed by atoms with Crippen LogP contribution in [0.4, 0.5) is 0 Å². The first-order valence-electron chi connectivity index (χ1n) is 9.66. The van der Waals surface area contributed by atoms with E-state index in [4.69, 9.17) is 4.74 Å². The van der Waals surface area contributed by atoms with Crippen molar-refractivity contribution in [2.75, 3.05) is 26.7 Å². The van der Waals surface area contributed by atoms with Gasteiger partial charge in [0.15, 0.2) is 0 Å². The summed E-state index contributed by atoms with van der Waals surface area (Å²) in [5, 5.41) is 8.63. The molecule has 4 rings (SSSR count). The lowest BCUT2D eigenvalue weighted by Crippen LogP contribution is -2.36. The van der Waals surface area contributed by atoms with Crippen molar-refractivity contribution in [3.05, 3.63) is 46.5 Å². The first kappa shape index (κ1) is 19.0. The van der Waals surface area contributed by atoms with Crippen LogP contribution in [0.1, 0.15) is 39.8 Å². The summed E-state index contributed by atoms with van der Waals surface area (Å²) < 4.78 is 7.24. The van der Waals surface area contributed by atoms with Crippen LogP contribution in [0, 0.1) is 6.92 Å². The third-order valence-corrected chi connectivity index (χ3v) is 6.64. The number of thiophene rings is 1.